The van der Waals surface area contributed by atoms with E-state index in [4.69, 9.17) is 0 Å². The van der Waals surface area contributed by atoms with Gasteiger partial charge in [0.15, 0.2) is 0 Å². The molecule has 2 aromatic rings. The van der Waals surface area contributed by atoms with Gasteiger partial charge < -0.3 is 10.4 Å². The zero-order valence-corrected chi connectivity index (χ0v) is 13.2. The monoisotopic (exact) mass is 368 g/mol. The smallest absolute Gasteiger partial charge is 0.273 e. The first-order chi connectivity index (χ1) is 10.4. The molecule has 1 aromatic carbocycles. The molecule has 0 aliphatic rings. The number of nitro benzene ring substituents is 1. The average molecular weight is 369 g/mol. The number of phenols is 1. The van der Waals surface area contributed by atoms with Crippen molar-refractivity contribution in [2.45, 2.75) is 19.9 Å². The third-order valence-electron chi connectivity index (χ3n) is 2.92. The average Bonchev–Trinajstić information content (AvgIpc) is 2.77. The van der Waals surface area contributed by atoms with Crippen LogP contribution < -0.4 is 5.32 Å². The molecule has 1 aromatic heterocycles. The van der Waals surface area contributed by atoms with E-state index in [-0.39, 0.29) is 29.5 Å². The molecule has 0 fully saturated rings. The van der Waals surface area contributed by atoms with Crippen molar-refractivity contribution in [1.82, 2.24) is 9.78 Å². The zero-order valence-electron chi connectivity index (χ0n) is 11.6. The largest absolute Gasteiger partial charge is 0.506 e. The summed E-state index contributed by atoms with van der Waals surface area (Å²) in [7, 11) is 0. The highest BCUT2D eigenvalue weighted by Crippen LogP contribution is 2.27. The summed E-state index contributed by atoms with van der Waals surface area (Å²) in [6, 6.07) is 3.49. The predicted octanol–water partition coefficient (Wildman–Crippen LogP) is 2.60. The second-order valence-corrected chi connectivity index (χ2v) is 5.44. The van der Waals surface area contributed by atoms with Gasteiger partial charge in [-0.2, -0.15) is 5.10 Å². The van der Waals surface area contributed by atoms with Crippen molar-refractivity contribution in [3.8, 4) is 5.75 Å². The van der Waals surface area contributed by atoms with E-state index >= 15 is 0 Å². The van der Waals surface area contributed by atoms with Crippen LogP contribution in [0.4, 0.5) is 11.4 Å². The highest BCUT2D eigenvalue weighted by atomic mass is 79.9. The molecule has 8 nitrogen and oxygen atoms in total. The Balaban J connectivity index is 1.96. The predicted molar refractivity (Wildman–Crippen MR) is 82.7 cm³/mol. The Morgan fingerprint density at radius 2 is 2.27 bits per heavy atom. The Kier molecular flexibility index (Phi) is 4.76. The normalized spacial score (nSPS) is 10.5. The van der Waals surface area contributed by atoms with Crippen molar-refractivity contribution in [3.63, 3.8) is 0 Å². The van der Waals surface area contributed by atoms with Crippen LogP contribution in [0.5, 0.6) is 5.75 Å². The molecular formula is C13H13BrN4O4. The lowest BCUT2D eigenvalue weighted by Crippen LogP contribution is -2.15. The minimum atomic E-state index is -0.622. The van der Waals surface area contributed by atoms with Gasteiger partial charge in [0.25, 0.3) is 5.69 Å². The fourth-order valence-electron chi connectivity index (χ4n) is 1.78. The maximum absolute atomic E-state index is 11.8. The zero-order chi connectivity index (χ0) is 16.3. The molecule has 0 unspecified atom stereocenters. The lowest BCUT2D eigenvalue weighted by atomic mass is 10.2. The summed E-state index contributed by atoms with van der Waals surface area (Å²) in [5.41, 5.74) is 0.717. The molecular weight excluding hydrogens is 356 g/mol. The molecule has 22 heavy (non-hydrogen) atoms. The number of nitrogens with zero attached hydrogens (tertiary/aromatic N) is 3. The van der Waals surface area contributed by atoms with E-state index in [1.165, 1.54) is 12.1 Å². The molecule has 9 heteroatoms. The maximum Gasteiger partial charge on any atom is 0.273 e. The van der Waals surface area contributed by atoms with E-state index in [1.807, 2.05) is 6.92 Å². The van der Waals surface area contributed by atoms with Gasteiger partial charge >= 0.3 is 0 Å². The first kappa shape index (κ1) is 16.0. The van der Waals surface area contributed by atoms with Crippen LogP contribution in [-0.2, 0) is 11.3 Å². The lowest BCUT2D eigenvalue weighted by molar-refractivity contribution is -0.384. The van der Waals surface area contributed by atoms with Gasteiger partial charge in [-0.1, -0.05) is 0 Å². The minimum absolute atomic E-state index is 0.133. The number of hydrogen-bond donors (Lipinski definition) is 2. The van der Waals surface area contributed by atoms with Gasteiger partial charge in [0, 0.05) is 25.2 Å². The fraction of sp³-hybridized carbons (Fsp3) is 0.231. The van der Waals surface area contributed by atoms with Crippen LogP contribution in [0.3, 0.4) is 0 Å². The SMILES string of the molecule is Cc1nn(CCC(=O)Nc2ccc([N+](=O)[O-])cc2O)cc1Br. The van der Waals surface area contributed by atoms with Gasteiger partial charge in [-0.05, 0) is 28.9 Å². The summed E-state index contributed by atoms with van der Waals surface area (Å²) in [6.07, 6.45) is 1.93. The van der Waals surface area contributed by atoms with Gasteiger partial charge in [-0.15, -0.1) is 0 Å². The first-order valence-electron chi connectivity index (χ1n) is 6.33. The Labute approximate surface area is 134 Å². The van der Waals surface area contributed by atoms with Crippen molar-refractivity contribution >= 4 is 33.2 Å². The highest BCUT2D eigenvalue weighted by Gasteiger charge is 2.12. The van der Waals surface area contributed by atoms with Gasteiger partial charge in [-0.3, -0.25) is 19.6 Å². The Bertz CT molecular complexity index is 709. The van der Waals surface area contributed by atoms with E-state index in [1.54, 1.807) is 10.9 Å². The topological polar surface area (TPSA) is 110 Å². The molecule has 0 aliphatic heterocycles. The molecule has 0 radical (unpaired) electrons. The quantitative estimate of drug-likeness (QED) is 0.478. The van der Waals surface area contributed by atoms with Crippen molar-refractivity contribution in [1.29, 1.82) is 0 Å². The van der Waals surface area contributed by atoms with E-state index in [0.29, 0.717) is 6.54 Å². The van der Waals surface area contributed by atoms with E-state index < -0.39 is 4.92 Å². The Morgan fingerprint density at radius 1 is 1.55 bits per heavy atom. The third-order valence-corrected chi connectivity index (χ3v) is 3.70. The number of benzene rings is 1. The van der Waals surface area contributed by atoms with Crippen molar-refractivity contribution in [2.75, 3.05) is 5.32 Å². The lowest BCUT2D eigenvalue weighted by Gasteiger charge is -2.07. The molecule has 2 rings (SSSR count). The van der Waals surface area contributed by atoms with E-state index in [9.17, 15) is 20.0 Å². The third kappa shape index (κ3) is 3.82. The van der Waals surface area contributed by atoms with Crippen LogP contribution in [0.1, 0.15) is 12.1 Å². The molecule has 0 bridgehead atoms. The number of aromatic hydroxyl groups is 1. The molecule has 0 saturated heterocycles. The summed E-state index contributed by atoms with van der Waals surface area (Å²) in [6.45, 7) is 2.22. The molecule has 0 spiro atoms. The number of hydrogen-bond acceptors (Lipinski definition) is 5. The number of nitro groups is 1. The number of carbonyl (C=O) groups excluding carboxylic acids is 1. The second kappa shape index (κ2) is 6.56. The number of non-ortho nitro benzene ring substituents is 1. The number of phenolic OH excluding ortho intramolecular Hbond substituents is 1. The molecule has 0 aliphatic carbocycles. The summed E-state index contributed by atoms with van der Waals surface area (Å²) in [4.78, 5) is 21.8. The highest BCUT2D eigenvalue weighted by molar-refractivity contribution is 9.10. The Morgan fingerprint density at radius 3 is 2.82 bits per heavy atom. The Hall–Kier alpha value is -2.42. The van der Waals surface area contributed by atoms with Gasteiger partial charge in [0.2, 0.25) is 5.91 Å². The summed E-state index contributed by atoms with van der Waals surface area (Å²) < 4.78 is 2.50. The molecule has 1 amide bonds. The van der Waals surface area contributed by atoms with Crippen LogP contribution in [-0.4, -0.2) is 25.7 Å². The standard InChI is InChI=1S/C13H13BrN4O4/c1-8-10(14)7-17(16-8)5-4-13(20)15-11-3-2-9(18(21)22)6-12(11)19/h2-3,6-7,19H,4-5H2,1H3,(H,15,20). The van der Waals surface area contributed by atoms with Crippen molar-refractivity contribution in [2.24, 2.45) is 0 Å². The number of nitrogens with one attached hydrogen (secondary N) is 1. The van der Waals surface area contributed by atoms with Gasteiger partial charge in [-0.25, -0.2) is 0 Å². The van der Waals surface area contributed by atoms with Crippen LogP contribution in [0.15, 0.2) is 28.9 Å². The molecule has 2 N–H and O–H groups in total. The van der Waals surface area contributed by atoms with Crippen LogP contribution in [0.2, 0.25) is 0 Å². The molecule has 0 saturated carbocycles. The van der Waals surface area contributed by atoms with Gasteiger partial charge in [0.1, 0.15) is 5.75 Å². The summed E-state index contributed by atoms with van der Waals surface area (Å²) in [5.74, 6) is -0.673. The van der Waals surface area contributed by atoms with Crippen LogP contribution in [0, 0.1) is 17.0 Å². The number of rotatable bonds is 5. The minimum Gasteiger partial charge on any atom is -0.506 e. The number of carbonyl (C=O) groups is 1. The molecule has 1 heterocycles. The van der Waals surface area contributed by atoms with Crippen molar-refractivity contribution < 1.29 is 14.8 Å². The van der Waals surface area contributed by atoms with Crippen LogP contribution >= 0.6 is 15.9 Å². The number of amides is 1. The number of halogens is 1. The number of anilines is 1. The molecule has 116 valence electrons. The summed E-state index contributed by atoms with van der Waals surface area (Å²) in [5, 5.41) is 26.9. The summed E-state index contributed by atoms with van der Waals surface area (Å²) >= 11 is 3.33. The molecule has 0 atom stereocenters. The first-order valence-corrected chi connectivity index (χ1v) is 7.13. The van der Waals surface area contributed by atoms with Crippen LogP contribution in [0.25, 0.3) is 0 Å². The maximum atomic E-state index is 11.8. The second-order valence-electron chi connectivity index (χ2n) is 4.58. The van der Waals surface area contributed by atoms with Gasteiger partial charge in [0.05, 0.1) is 26.8 Å². The van der Waals surface area contributed by atoms with Crippen molar-refractivity contribution in [3.05, 3.63) is 44.7 Å². The number of aryl methyl sites for hydroxylation is 2. The fourth-order valence-corrected chi connectivity index (χ4v) is 2.09. The van der Waals surface area contributed by atoms with E-state index in [0.717, 1.165) is 16.2 Å². The van der Waals surface area contributed by atoms with E-state index in [2.05, 4.69) is 26.3 Å². The number of aromatic nitrogens is 2.